The summed E-state index contributed by atoms with van der Waals surface area (Å²) in [5.74, 6) is 1.88. The van der Waals surface area contributed by atoms with Crippen LogP contribution in [0.15, 0.2) is 0 Å². The van der Waals surface area contributed by atoms with Gasteiger partial charge in [-0.3, -0.25) is 13.7 Å². The number of hydrogen-bond acceptors (Lipinski definition) is 6. The molecule has 1 saturated heterocycles. The van der Waals surface area contributed by atoms with Crippen LogP contribution in [0.3, 0.4) is 0 Å². The molecule has 0 unspecified atom stereocenters. The van der Waals surface area contributed by atoms with Gasteiger partial charge in [0.2, 0.25) is 0 Å². The molecular formula is C24H45O6P3. The SMILES string of the molecule is CCC1CCC(P2(=O)OP(=O)(C3CCC(CC)CC3)OP(=O)(C3CCC(CC)CC3)O2)CC1. The first-order valence-corrected chi connectivity index (χ1v) is 18.5. The smallest absolute Gasteiger partial charge is 0.259 e. The third kappa shape index (κ3) is 5.78. The van der Waals surface area contributed by atoms with Crippen molar-refractivity contribution < 1.29 is 26.6 Å². The van der Waals surface area contributed by atoms with Gasteiger partial charge in [-0.05, 0) is 94.8 Å². The monoisotopic (exact) mass is 522 g/mol. The third-order valence-electron chi connectivity index (χ3n) is 9.21. The lowest BCUT2D eigenvalue weighted by Crippen LogP contribution is -2.29. The van der Waals surface area contributed by atoms with Crippen molar-refractivity contribution in [3.8, 4) is 0 Å². The van der Waals surface area contributed by atoms with E-state index < -0.39 is 22.8 Å². The van der Waals surface area contributed by atoms with E-state index in [9.17, 15) is 13.7 Å². The van der Waals surface area contributed by atoms with Crippen molar-refractivity contribution in [1.82, 2.24) is 0 Å². The molecule has 0 atom stereocenters. The molecule has 1 aliphatic heterocycles. The molecule has 0 aromatic carbocycles. The second-order valence-electron chi connectivity index (χ2n) is 11.1. The van der Waals surface area contributed by atoms with Crippen LogP contribution in [0.25, 0.3) is 0 Å². The third-order valence-corrected chi connectivity index (χ3v) is 18.9. The van der Waals surface area contributed by atoms with Crippen LogP contribution in [0.1, 0.15) is 117 Å². The van der Waals surface area contributed by atoms with Crippen LogP contribution >= 0.6 is 22.8 Å². The minimum atomic E-state index is -3.80. The second-order valence-corrected chi connectivity index (χ2v) is 18.5. The molecule has 0 N–H and O–H groups in total. The van der Waals surface area contributed by atoms with Gasteiger partial charge in [0.15, 0.2) is 0 Å². The zero-order valence-corrected chi connectivity index (χ0v) is 23.5. The minimum absolute atomic E-state index is 0.315. The summed E-state index contributed by atoms with van der Waals surface area (Å²) >= 11 is 0. The van der Waals surface area contributed by atoms with E-state index in [4.69, 9.17) is 12.9 Å². The van der Waals surface area contributed by atoms with E-state index in [1.165, 1.54) is 0 Å². The van der Waals surface area contributed by atoms with Gasteiger partial charge in [0.25, 0.3) is 0 Å². The molecule has 33 heavy (non-hydrogen) atoms. The van der Waals surface area contributed by atoms with E-state index >= 15 is 0 Å². The fraction of sp³-hybridized carbons (Fsp3) is 1.00. The summed E-state index contributed by atoms with van der Waals surface area (Å²) in [5, 5.41) is 0. The van der Waals surface area contributed by atoms with Crippen molar-refractivity contribution in [3.05, 3.63) is 0 Å². The second kappa shape index (κ2) is 10.9. The fourth-order valence-corrected chi connectivity index (χ4v) is 17.5. The molecule has 4 rings (SSSR count). The van der Waals surface area contributed by atoms with Crippen LogP contribution in [0, 0.1) is 17.8 Å². The highest BCUT2D eigenvalue weighted by molar-refractivity contribution is 7.80. The number of hydrogen-bond donors (Lipinski definition) is 0. The first-order chi connectivity index (χ1) is 15.7. The first kappa shape index (κ1) is 26.6. The van der Waals surface area contributed by atoms with Crippen molar-refractivity contribution in [2.75, 3.05) is 0 Å². The molecule has 1 heterocycles. The molecule has 9 heteroatoms. The molecule has 0 amide bonds. The highest BCUT2D eigenvalue weighted by Crippen LogP contribution is 2.87. The highest BCUT2D eigenvalue weighted by Gasteiger charge is 2.61. The fourth-order valence-electron chi connectivity index (χ4n) is 6.53. The zero-order chi connectivity index (χ0) is 23.7. The predicted octanol–water partition coefficient (Wildman–Crippen LogP) is 9.54. The van der Waals surface area contributed by atoms with Gasteiger partial charge in [-0.2, -0.15) is 0 Å². The Balaban J connectivity index is 1.59. The quantitative estimate of drug-likeness (QED) is 0.323. The maximum absolute atomic E-state index is 14.3. The molecular weight excluding hydrogens is 477 g/mol. The van der Waals surface area contributed by atoms with Crippen LogP contribution in [0.5, 0.6) is 0 Å². The Morgan fingerprint density at radius 2 is 0.667 bits per heavy atom. The van der Waals surface area contributed by atoms with Crippen molar-refractivity contribution in [3.63, 3.8) is 0 Å². The minimum Gasteiger partial charge on any atom is -0.259 e. The summed E-state index contributed by atoms with van der Waals surface area (Å²) in [5.41, 5.74) is -0.945. The maximum atomic E-state index is 14.3. The highest BCUT2D eigenvalue weighted by atomic mass is 31.3. The van der Waals surface area contributed by atoms with Gasteiger partial charge >= 0.3 is 22.8 Å². The summed E-state index contributed by atoms with van der Waals surface area (Å²) in [7, 11) is -11.4. The maximum Gasteiger partial charge on any atom is 0.348 e. The molecule has 4 fully saturated rings. The lowest BCUT2D eigenvalue weighted by atomic mass is 9.87. The summed E-state index contributed by atoms with van der Waals surface area (Å²) in [6.07, 6.45) is 13.5. The van der Waals surface area contributed by atoms with Crippen molar-refractivity contribution >= 4 is 22.8 Å². The van der Waals surface area contributed by atoms with E-state index in [1.807, 2.05) is 0 Å². The average molecular weight is 523 g/mol. The van der Waals surface area contributed by atoms with Gasteiger partial charge in [0, 0.05) is 0 Å². The lowest BCUT2D eigenvalue weighted by molar-refractivity contribution is 0.227. The van der Waals surface area contributed by atoms with Crippen molar-refractivity contribution in [2.24, 2.45) is 17.8 Å². The topological polar surface area (TPSA) is 78.9 Å². The molecule has 0 radical (unpaired) electrons. The van der Waals surface area contributed by atoms with Gasteiger partial charge < -0.3 is 0 Å². The van der Waals surface area contributed by atoms with Gasteiger partial charge in [-0.15, -0.1) is 0 Å². The van der Waals surface area contributed by atoms with Crippen LogP contribution in [-0.2, 0) is 26.6 Å². The predicted molar refractivity (Wildman–Crippen MR) is 134 cm³/mol. The van der Waals surface area contributed by atoms with Crippen LogP contribution in [-0.4, -0.2) is 17.0 Å². The number of rotatable bonds is 6. The molecule has 3 aliphatic carbocycles. The van der Waals surface area contributed by atoms with Gasteiger partial charge in [-0.1, -0.05) is 40.0 Å². The lowest BCUT2D eigenvalue weighted by Gasteiger charge is -2.45. The molecule has 0 bridgehead atoms. The Morgan fingerprint density at radius 3 is 0.848 bits per heavy atom. The molecule has 0 spiro atoms. The van der Waals surface area contributed by atoms with Crippen LogP contribution < -0.4 is 0 Å². The normalized spacial score (nSPS) is 49.5. The van der Waals surface area contributed by atoms with Crippen LogP contribution in [0.4, 0.5) is 0 Å². The standard InChI is InChI=1S/C24H45O6P3/c1-4-19-7-13-22(14-8-19)31(25)28-32(26,23-15-9-20(5-2)10-16-23)30-33(27,29-31)24-17-11-21(6-3)12-18-24/h19-24H,4-18H2,1-3H3. The van der Waals surface area contributed by atoms with E-state index in [0.29, 0.717) is 17.8 Å². The molecule has 4 aliphatic rings. The largest absolute Gasteiger partial charge is 0.348 e. The van der Waals surface area contributed by atoms with Crippen molar-refractivity contribution in [2.45, 2.75) is 134 Å². The summed E-state index contributed by atoms with van der Waals surface area (Å²) < 4.78 is 60.8. The van der Waals surface area contributed by atoms with Crippen molar-refractivity contribution in [1.29, 1.82) is 0 Å². The Morgan fingerprint density at radius 1 is 0.455 bits per heavy atom. The molecule has 0 aromatic heterocycles. The summed E-state index contributed by atoms with van der Waals surface area (Å²) in [6.45, 7) is 6.57. The van der Waals surface area contributed by atoms with E-state index in [-0.39, 0.29) is 17.0 Å². The first-order valence-electron chi connectivity index (χ1n) is 13.7. The zero-order valence-electron chi connectivity index (χ0n) is 20.9. The van der Waals surface area contributed by atoms with Gasteiger partial charge in [0.1, 0.15) is 0 Å². The Bertz CT molecular complexity index is 669. The van der Waals surface area contributed by atoms with E-state index in [2.05, 4.69) is 20.8 Å². The molecule has 6 nitrogen and oxygen atoms in total. The Labute approximate surface area is 201 Å². The van der Waals surface area contributed by atoms with Gasteiger partial charge in [0.05, 0.1) is 17.0 Å². The van der Waals surface area contributed by atoms with E-state index in [0.717, 1.165) is 96.3 Å². The molecule has 0 aromatic rings. The van der Waals surface area contributed by atoms with Gasteiger partial charge in [-0.25, -0.2) is 12.9 Å². The summed E-state index contributed by atoms with van der Waals surface area (Å²) in [4.78, 5) is 0. The average Bonchev–Trinajstić information content (AvgIpc) is 2.83. The van der Waals surface area contributed by atoms with Crippen LogP contribution in [0.2, 0.25) is 0 Å². The van der Waals surface area contributed by atoms with E-state index in [1.54, 1.807) is 0 Å². The summed E-state index contributed by atoms with van der Waals surface area (Å²) in [6, 6.07) is 0. The molecule has 192 valence electrons. The molecule has 3 saturated carbocycles. The Kier molecular flexibility index (Phi) is 8.80. The Hall–Kier alpha value is 0.570.